The fraction of sp³-hybridized carbons (Fsp3) is 0.650. The molecule has 3 rings (SSSR count). The SMILES string of the molecule is CN1CCCN(CC(=O)N2CCCC(COc3cccc(F)c3)C2)CC1. The maximum atomic E-state index is 13.2. The fourth-order valence-electron chi connectivity index (χ4n) is 3.75. The van der Waals surface area contributed by atoms with Gasteiger partial charge in [0, 0.05) is 38.2 Å². The lowest BCUT2D eigenvalue weighted by atomic mass is 9.99. The van der Waals surface area contributed by atoms with Crippen molar-refractivity contribution in [2.75, 3.05) is 59.5 Å². The average molecular weight is 363 g/mol. The Bertz CT molecular complexity index is 598. The number of nitrogens with zero attached hydrogens (tertiary/aromatic N) is 3. The molecule has 0 bridgehead atoms. The van der Waals surface area contributed by atoms with E-state index in [1.54, 1.807) is 12.1 Å². The number of carbonyl (C=O) groups excluding carboxylic acids is 1. The van der Waals surface area contributed by atoms with E-state index in [0.717, 1.165) is 58.5 Å². The Morgan fingerprint density at radius 3 is 2.92 bits per heavy atom. The number of amides is 1. The Hall–Kier alpha value is -1.66. The maximum absolute atomic E-state index is 13.2. The van der Waals surface area contributed by atoms with Crippen LogP contribution >= 0.6 is 0 Å². The van der Waals surface area contributed by atoms with Gasteiger partial charge in [-0.05, 0) is 51.5 Å². The number of hydrogen-bond acceptors (Lipinski definition) is 4. The van der Waals surface area contributed by atoms with E-state index < -0.39 is 0 Å². The Morgan fingerprint density at radius 1 is 1.19 bits per heavy atom. The standard InChI is InChI=1S/C20H30FN3O2/c1-22-8-4-9-23(12-11-22)15-20(25)24-10-3-5-17(14-24)16-26-19-7-2-6-18(21)13-19/h2,6-7,13,17H,3-5,8-12,14-16H2,1H3. The quantitative estimate of drug-likeness (QED) is 0.803. The van der Waals surface area contributed by atoms with Gasteiger partial charge in [0.05, 0.1) is 13.2 Å². The molecule has 2 fully saturated rings. The van der Waals surface area contributed by atoms with Gasteiger partial charge in [-0.2, -0.15) is 0 Å². The molecule has 1 unspecified atom stereocenters. The van der Waals surface area contributed by atoms with Crippen molar-refractivity contribution in [3.8, 4) is 5.75 Å². The number of likely N-dealkylation sites (N-methyl/N-ethyl adjacent to an activating group) is 1. The van der Waals surface area contributed by atoms with Gasteiger partial charge >= 0.3 is 0 Å². The molecule has 0 N–H and O–H groups in total. The van der Waals surface area contributed by atoms with Crippen molar-refractivity contribution in [3.63, 3.8) is 0 Å². The van der Waals surface area contributed by atoms with Crippen LogP contribution in [-0.2, 0) is 4.79 Å². The average Bonchev–Trinajstić information content (AvgIpc) is 2.84. The lowest BCUT2D eigenvalue weighted by molar-refractivity contribution is -0.134. The second kappa shape index (κ2) is 9.33. The van der Waals surface area contributed by atoms with Crippen molar-refractivity contribution < 1.29 is 13.9 Å². The zero-order valence-corrected chi connectivity index (χ0v) is 15.7. The van der Waals surface area contributed by atoms with E-state index in [1.807, 2.05) is 4.90 Å². The first-order valence-electron chi connectivity index (χ1n) is 9.67. The van der Waals surface area contributed by atoms with Crippen LogP contribution in [0, 0.1) is 11.7 Å². The number of halogens is 1. The van der Waals surface area contributed by atoms with Crippen LogP contribution in [0.1, 0.15) is 19.3 Å². The number of ether oxygens (including phenoxy) is 1. The van der Waals surface area contributed by atoms with Crippen molar-refractivity contribution in [1.29, 1.82) is 0 Å². The van der Waals surface area contributed by atoms with Crippen LogP contribution in [-0.4, -0.2) is 80.1 Å². The minimum Gasteiger partial charge on any atom is -0.493 e. The third kappa shape index (κ3) is 5.68. The summed E-state index contributed by atoms with van der Waals surface area (Å²) in [7, 11) is 2.14. The van der Waals surface area contributed by atoms with Crippen molar-refractivity contribution in [1.82, 2.24) is 14.7 Å². The molecule has 2 heterocycles. The van der Waals surface area contributed by atoms with Gasteiger partial charge in [-0.25, -0.2) is 4.39 Å². The van der Waals surface area contributed by atoms with Crippen LogP contribution in [0.3, 0.4) is 0 Å². The van der Waals surface area contributed by atoms with Gasteiger partial charge in [-0.3, -0.25) is 9.69 Å². The normalized spacial score (nSPS) is 22.8. The highest BCUT2D eigenvalue weighted by Gasteiger charge is 2.25. The van der Waals surface area contributed by atoms with Gasteiger partial charge in [0.15, 0.2) is 0 Å². The van der Waals surface area contributed by atoms with Gasteiger partial charge in [-0.15, -0.1) is 0 Å². The van der Waals surface area contributed by atoms with Crippen LogP contribution in [0.2, 0.25) is 0 Å². The molecule has 2 aliphatic heterocycles. The van der Waals surface area contributed by atoms with Gasteiger partial charge in [0.25, 0.3) is 0 Å². The van der Waals surface area contributed by atoms with E-state index in [2.05, 4.69) is 16.8 Å². The highest BCUT2D eigenvalue weighted by molar-refractivity contribution is 5.78. The van der Waals surface area contributed by atoms with E-state index in [1.165, 1.54) is 12.1 Å². The van der Waals surface area contributed by atoms with E-state index in [9.17, 15) is 9.18 Å². The van der Waals surface area contributed by atoms with Crippen molar-refractivity contribution in [3.05, 3.63) is 30.1 Å². The van der Waals surface area contributed by atoms with Crippen molar-refractivity contribution in [2.24, 2.45) is 5.92 Å². The fourth-order valence-corrected chi connectivity index (χ4v) is 3.75. The first-order chi connectivity index (χ1) is 12.6. The molecule has 2 saturated heterocycles. The molecule has 144 valence electrons. The largest absolute Gasteiger partial charge is 0.493 e. The first kappa shape index (κ1) is 19.1. The number of carbonyl (C=O) groups is 1. The molecule has 1 aromatic rings. The second-order valence-electron chi connectivity index (χ2n) is 7.55. The van der Waals surface area contributed by atoms with E-state index >= 15 is 0 Å². The van der Waals surface area contributed by atoms with Crippen LogP contribution < -0.4 is 4.74 Å². The number of benzene rings is 1. The summed E-state index contributed by atoms with van der Waals surface area (Å²) in [6.07, 6.45) is 3.17. The molecule has 6 heteroatoms. The van der Waals surface area contributed by atoms with Gasteiger partial charge < -0.3 is 14.5 Å². The van der Waals surface area contributed by atoms with Gasteiger partial charge in [-0.1, -0.05) is 6.07 Å². The summed E-state index contributed by atoms with van der Waals surface area (Å²) in [5.41, 5.74) is 0. The highest BCUT2D eigenvalue weighted by Crippen LogP contribution is 2.20. The summed E-state index contributed by atoms with van der Waals surface area (Å²) in [5, 5.41) is 0. The molecule has 0 aromatic heterocycles. The predicted molar refractivity (Wildman–Crippen MR) is 99.8 cm³/mol. The molecule has 0 radical (unpaired) electrons. The predicted octanol–water partition coefficient (Wildman–Crippen LogP) is 2.08. The summed E-state index contributed by atoms with van der Waals surface area (Å²) in [6.45, 7) is 6.71. The molecular weight excluding hydrogens is 333 g/mol. The smallest absolute Gasteiger partial charge is 0.236 e. The van der Waals surface area contributed by atoms with Crippen molar-refractivity contribution in [2.45, 2.75) is 19.3 Å². The summed E-state index contributed by atoms with van der Waals surface area (Å²) in [5.74, 6) is 0.810. The highest BCUT2D eigenvalue weighted by atomic mass is 19.1. The van der Waals surface area contributed by atoms with Crippen LogP contribution in [0.5, 0.6) is 5.75 Å². The van der Waals surface area contributed by atoms with Gasteiger partial charge in [0.1, 0.15) is 11.6 Å². The molecule has 26 heavy (non-hydrogen) atoms. The summed E-state index contributed by atoms with van der Waals surface area (Å²) < 4.78 is 19.0. The summed E-state index contributed by atoms with van der Waals surface area (Å²) in [4.78, 5) is 19.3. The summed E-state index contributed by atoms with van der Waals surface area (Å²) >= 11 is 0. The molecular formula is C20H30FN3O2. The molecule has 5 nitrogen and oxygen atoms in total. The Labute approximate surface area is 155 Å². The Kier molecular flexibility index (Phi) is 6.86. The topological polar surface area (TPSA) is 36.0 Å². The third-order valence-corrected chi connectivity index (χ3v) is 5.32. The zero-order valence-electron chi connectivity index (χ0n) is 15.7. The third-order valence-electron chi connectivity index (χ3n) is 5.32. The molecule has 1 aromatic carbocycles. The Balaban J connectivity index is 1.45. The second-order valence-corrected chi connectivity index (χ2v) is 7.55. The van der Waals surface area contributed by atoms with E-state index in [0.29, 0.717) is 24.8 Å². The van der Waals surface area contributed by atoms with E-state index in [-0.39, 0.29) is 11.7 Å². The number of likely N-dealkylation sites (tertiary alicyclic amines) is 1. The van der Waals surface area contributed by atoms with Gasteiger partial charge in [0.2, 0.25) is 5.91 Å². The minimum atomic E-state index is -0.286. The number of piperidine rings is 1. The molecule has 1 amide bonds. The number of hydrogen-bond donors (Lipinski definition) is 0. The van der Waals surface area contributed by atoms with Crippen molar-refractivity contribution >= 4 is 5.91 Å². The number of rotatable bonds is 5. The zero-order chi connectivity index (χ0) is 18.4. The van der Waals surface area contributed by atoms with E-state index in [4.69, 9.17) is 4.74 Å². The molecule has 0 aliphatic carbocycles. The lowest BCUT2D eigenvalue weighted by Crippen LogP contribution is -2.46. The minimum absolute atomic E-state index is 0.227. The monoisotopic (exact) mass is 363 g/mol. The van der Waals surface area contributed by atoms with Crippen LogP contribution in [0.25, 0.3) is 0 Å². The van der Waals surface area contributed by atoms with Crippen LogP contribution in [0.4, 0.5) is 4.39 Å². The summed E-state index contributed by atoms with van der Waals surface area (Å²) in [6, 6.07) is 6.24. The lowest BCUT2D eigenvalue weighted by Gasteiger charge is -2.34. The first-order valence-corrected chi connectivity index (χ1v) is 9.67. The molecule has 0 spiro atoms. The molecule has 0 saturated carbocycles. The Morgan fingerprint density at radius 2 is 2.08 bits per heavy atom. The molecule has 2 aliphatic rings. The maximum Gasteiger partial charge on any atom is 0.236 e. The van der Waals surface area contributed by atoms with Crippen LogP contribution in [0.15, 0.2) is 24.3 Å². The molecule has 1 atom stereocenters.